The fourth-order valence-electron chi connectivity index (χ4n) is 3.57. The van der Waals surface area contributed by atoms with Crippen molar-refractivity contribution in [3.8, 4) is 0 Å². The molecule has 0 aliphatic carbocycles. The van der Waals surface area contributed by atoms with Crippen LogP contribution in [0.25, 0.3) is 0 Å². The summed E-state index contributed by atoms with van der Waals surface area (Å²) in [6.45, 7) is 2.78. The Balaban J connectivity index is 1.96. The fourth-order valence-corrected chi connectivity index (χ4v) is 3.57. The van der Waals surface area contributed by atoms with Crippen LogP contribution in [0.15, 0.2) is 24.3 Å². The van der Waals surface area contributed by atoms with Gasteiger partial charge in [-0.15, -0.1) is 0 Å². The molecule has 7 heteroatoms. The predicted molar refractivity (Wildman–Crippen MR) is 100 cm³/mol. The monoisotopic (exact) mass is 376 g/mol. The van der Waals surface area contributed by atoms with Crippen molar-refractivity contribution in [3.05, 3.63) is 35.4 Å². The maximum Gasteiger partial charge on any atom is 0.323 e. The molecule has 1 aromatic carbocycles. The molecule has 27 heavy (non-hydrogen) atoms. The molecule has 1 saturated heterocycles. The van der Waals surface area contributed by atoms with Crippen molar-refractivity contribution in [3.63, 3.8) is 0 Å². The highest BCUT2D eigenvalue weighted by Gasteiger charge is 2.27. The van der Waals surface area contributed by atoms with E-state index in [0.717, 1.165) is 17.5 Å². The van der Waals surface area contributed by atoms with Crippen LogP contribution in [-0.4, -0.2) is 65.5 Å². The number of likely N-dealkylation sites (tertiary alicyclic amines) is 1. The van der Waals surface area contributed by atoms with Crippen LogP contribution >= 0.6 is 0 Å². The predicted octanol–water partition coefficient (Wildman–Crippen LogP) is 1.69. The van der Waals surface area contributed by atoms with Gasteiger partial charge in [0, 0.05) is 33.2 Å². The van der Waals surface area contributed by atoms with Crippen molar-refractivity contribution in [2.24, 2.45) is 0 Å². The number of nitrogens with zero attached hydrogens (tertiary/aromatic N) is 2. The SMILES string of the molecule is COCc1cccc(CC(=O)N2CCCC(N(CC(=O)O)C(C)=O)CC2)c1. The van der Waals surface area contributed by atoms with E-state index in [1.807, 2.05) is 29.2 Å². The van der Waals surface area contributed by atoms with Crippen molar-refractivity contribution < 1.29 is 24.2 Å². The van der Waals surface area contributed by atoms with Crippen molar-refractivity contribution in [2.45, 2.75) is 45.3 Å². The third-order valence-corrected chi connectivity index (χ3v) is 4.86. The Bertz CT molecular complexity index is 676. The quantitative estimate of drug-likeness (QED) is 0.782. The number of carbonyl (C=O) groups excluding carboxylic acids is 2. The number of carboxylic acid groups (broad SMARTS) is 1. The summed E-state index contributed by atoms with van der Waals surface area (Å²) in [7, 11) is 1.64. The summed E-state index contributed by atoms with van der Waals surface area (Å²) in [4.78, 5) is 38.8. The summed E-state index contributed by atoms with van der Waals surface area (Å²) in [5, 5.41) is 9.03. The minimum absolute atomic E-state index is 0.0535. The van der Waals surface area contributed by atoms with Gasteiger partial charge < -0.3 is 19.6 Å². The van der Waals surface area contributed by atoms with Gasteiger partial charge in [-0.1, -0.05) is 24.3 Å². The van der Waals surface area contributed by atoms with Crippen molar-refractivity contribution in [1.82, 2.24) is 9.80 Å². The van der Waals surface area contributed by atoms with Gasteiger partial charge in [0.05, 0.1) is 13.0 Å². The second-order valence-electron chi connectivity index (χ2n) is 6.94. The summed E-state index contributed by atoms with van der Waals surface area (Å²) in [5.41, 5.74) is 1.98. The molecule has 0 aromatic heterocycles. The van der Waals surface area contributed by atoms with Crippen molar-refractivity contribution >= 4 is 17.8 Å². The first-order valence-electron chi connectivity index (χ1n) is 9.24. The summed E-state index contributed by atoms with van der Waals surface area (Å²) < 4.78 is 5.13. The lowest BCUT2D eigenvalue weighted by Crippen LogP contribution is -2.43. The first kappa shape index (κ1) is 20.9. The third-order valence-electron chi connectivity index (χ3n) is 4.86. The zero-order valence-electron chi connectivity index (χ0n) is 16.0. The number of hydrogen-bond donors (Lipinski definition) is 1. The second kappa shape index (κ2) is 10.1. The van der Waals surface area contributed by atoms with Gasteiger partial charge >= 0.3 is 5.97 Å². The first-order chi connectivity index (χ1) is 12.9. The topological polar surface area (TPSA) is 87.2 Å². The van der Waals surface area contributed by atoms with E-state index < -0.39 is 5.97 Å². The van der Waals surface area contributed by atoms with Crippen LogP contribution in [-0.2, 0) is 32.1 Å². The average molecular weight is 376 g/mol. The Labute approximate surface area is 159 Å². The lowest BCUT2D eigenvalue weighted by Gasteiger charge is -2.28. The largest absolute Gasteiger partial charge is 0.480 e. The van der Waals surface area contributed by atoms with Gasteiger partial charge in [0.15, 0.2) is 0 Å². The Morgan fingerprint density at radius 2 is 1.96 bits per heavy atom. The molecule has 7 nitrogen and oxygen atoms in total. The smallest absolute Gasteiger partial charge is 0.323 e. The van der Waals surface area contributed by atoms with Crippen LogP contribution in [0.2, 0.25) is 0 Å². The average Bonchev–Trinajstić information content (AvgIpc) is 2.86. The van der Waals surface area contributed by atoms with Gasteiger partial charge in [-0.3, -0.25) is 14.4 Å². The standard InChI is InChI=1S/C20H28N2O5/c1-15(23)22(13-20(25)26)18-7-4-9-21(10-8-18)19(24)12-16-5-3-6-17(11-16)14-27-2/h3,5-6,11,18H,4,7-10,12-14H2,1-2H3,(H,25,26). The number of carboxylic acids is 1. The lowest BCUT2D eigenvalue weighted by atomic mass is 10.1. The second-order valence-corrected chi connectivity index (χ2v) is 6.94. The number of ether oxygens (including phenoxy) is 1. The maximum absolute atomic E-state index is 12.7. The Morgan fingerprint density at radius 1 is 1.22 bits per heavy atom. The molecule has 1 N–H and O–H groups in total. The summed E-state index contributed by atoms with van der Waals surface area (Å²) in [5.74, 6) is -1.20. The minimum atomic E-state index is -1.02. The molecule has 0 bridgehead atoms. The summed E-state index contributed by atoms with van der Waals surface area (Å²) in [6, 6.07) is 7.66. The highest BCUT2D eigenvalue weighted by Crippen LogP contribution is 2.18. The third kappa shape index (κ3) is 6.36. The normalized spacial score (nSPS) is 17.3. The molecule has 1 aliphatic rings. The van der Waals surface area contributed by atoms with E-state index in [9.17, 15) is 14.4 Å². The zero-order chi connectivity index (χ0) is 19.8. The van der Waals surface area contributed by atoms with E-state index in [1.54, 1.807) is 7.11 Å². The molecule has 148 valence electrons. The van der Waals surface area contributed by atoms with Crippen molar-refractivity contribution in [2.75, 3.05) is 26.7 Å². The highest BCUT2D eigenvalue weighted by atomic mass is 16.5. The van der Waals surface area contributed by atoms with E-state index in [4.69, 9.17) is 9.84 Å². The number of rotatable bonds is 7. The fraction of sp³-hybridized carbons (Fsp3) is 0.550. The van der Waals surface area contributed by atoms with Crippen LogP contribution in [0, 0.1) is 0 Å². The number of aliphatic carboxylic acids is 1. The zero-order valence-corrected chi connectivity index (χ0v) is 16.0. The van der Waals surface area contributed by atoms with E-state index in [0.29, 0.717) is 39.0 Å². The Kier molecular flexibility index (Phi) is 7.79. The van der Waals surface area contributed by atoms with Gasteiger partial charge in [-0.05, 0) is 30.4 Å². The molecule has 0 spiro atoms. The lowest BCUT2D eigenvalue weighted by molar-refractivity contribution is -0.145. The van der Waals surface area contributed by atoms with E-state index in [-0.39, 0.29) is 24.4 Å². The van der Waals surface area contributed by atoms with E-state index >= 15 is 0 Å². The van der Waals surface area contributed by atoms with Gasteiger partial charge in [-0.25, -0.2) is 0 Å². The van der Waals surface area contributed by atoms with Crippen molar-refractivity contribution in [1.29, 1.82) is 0 Å². The maximum atomic E-state index is 12.7. The number of hydrogen-bond acceptors (Lipinski definition) is 4. The molecular weight excluding hydrogens is 348 g/mol. The highest BCUT2D eigenvalue weighted by molar-refractivity contribution is 5.80. The van der Waals surface area contributed by atoms with Crippen LogP contribution in [0.5, 0.6) is 0 Å². The molecule has 1 unspecified atom stereocenters. The van der Waals surface area contributed by atoms with Crippen LogP contribution < -0.4 is 0 Å². The molecular formula is C20H28N2O5. The van der Waals surface area contributed by atoms with Gasteiger partial charge in [0.1, 0.15) is 6.54 Å². The number of benzene rings is 1. The molecule has 2 rings (SSSR count). The van der Waals surface area contributed by atoms with Crippen LogP contribution in [0.1, 0.15) is 37.3 Å². The molecule has 1 aliphatic heterocycles. The number of methoxy groups -OCH3 is 1. The molecule has 2 amide bonds. The summed E-state index contributed by atoms with van der Waals surface area (Å²) >= 11 is 0. The Hall–Kier alpha value is -2.41. The molecule has 0 radical (unpaired) electrons. The van der Waals surface area contributed by atoms with Gasteiger partial charge in [0.25, 0.3) is 0 Å². The minimum Gasteiger partial charge on any atom is -0.480 e. The van der Waals surface area contributed by atoms with Gasteiger partial charge in [0.2, 0.25) is 11.8 Å². The molecule has 1 fully saturated rings. The molecule has 1 atom stereocenters. The van der Waals surface area contributed by atoms with Crippen LogP contribution in [0.3, 0.4) is 0 Å². The van der Waals surface area contributed by atoms with E-state index in [1.165, 1.54) is 11.8 Å². The van der Waals surface area contributed by atoms with Crippen LogP contribution in [0.4, 0.5) is 0 Å². The van der Waals surface area contributed by atoms with Gasteiger partial charge in [-0.2, -0.15) is 0 Å². The van der Waals surface area contributed by atoms with E-state index in [2.05, 4.69) is 0 Å². The number of amides is 2. The number of carbonyl (C=O) groups is 3. The molecule has 1 heterocycles. The molecule has 0 saturated carbocycles. The summed E-state index contributed by atoms with van der Waals surface area (Å²) in [6.07, 6.45) is 2.39. The first-order valence-corrected chi connectivity index (χ1v) is 9.24. The Morgan fingerprint density at radius 3 is 2.63 bits per heavy atom. The molecule has 1 aromatic rings.